The first-order chi connectivity index (χ1) is 15.3. The second kappa shape index (κ2) is 14.3. The molecule has 0 radical (unpaired) electrons. The summed E-state index contributed by atoms with van der Waals surface area (Å²) in [5.41, 5.74) is 2.73. The first-order valence-electron chi connectivity index (χ1n) is 11.9. The van der Waals surface area contributed by atoms with Crippen LogP contribution in [0.15, 0.2) is 42.5 Å². The molecule has 36 heavy (non-hydrogen) atoms. The molecule has 5 atom stereocenters. The topological polar surface area (TPSA) is 28.8 Å². The third kappa shape index (κ3) is 6.22. The van der Waals surface area contributed by atoms with E-state index in [0.29, 0.717) is 13.1 Å². The second-order valence-corrected chi connectivity index (χ2v) is 9.73. The minimum Gasteiger partial charge on any atom is -0.468 e. The summed E-state index contributed by atoms with van der Waals surface area (Å²) in [4.78, 5) is 4.15. The van der Waals surface area contributed by atoms with Crippen LogP contribution in [-0.4, -0.2) is 36.9 Å². The van der Waals surface area contributed by atoms with E-state index < -0.39 is 11.6 Å². The number of piperidine rings is 1. The molecular weight excluding hydrogens is 488 g/mol. The minimum atomic E-state index is -0.719. The molecule has 3 nitrogen and oxygen atoms in total. The van der Waals surface area contributed by atoms with Crippen LogP contribution >= 0.6 is 0 Å². The van der Waals surface area contributed by atoms with E-state index in [0.717, 1.165) is 61.1 Å². The van der Waals surface area contributed by atoms with Crippen molar-refractivity contribution in [2.45, 2.75) is 52.0 Å². The monoisotopic (exact) mass is 531 g/mol. The summed E-state index contributed by atoms with van der Waals surface area (Å²) in [6.07, 6.45) is 2.99. The van der Waals surface area contributed by atoms with Crippen LogP contribution in [0.1, 0.15) is 57.1 Å². The first kappa shape index (κ1) is 34.3. The number of halogens is 2. The Balaban J connectivity index is 0.000000612. The molecule has 2 fully saturated rings. The summed E-state index contributed by atoms with van der Waals surface area (Å²) in [7, 11) is 2.27. The quantitative estimate of drug-likeness (QED) is 0.164. The van der Waals surface area contributed by atoms with Gasteiger partial charge in [-0.05, 0) is 54.6 Å². The molecule has 5 unspecified atom stereocenters. The fourth-order valence-electron chi connectivity index (χ4n) is 6.04. The van der Waals surface area contributed by atoms with Gasteiger partial charge in [-0.25, -0.2) is 8.78 Å². The number of likely N-dealkylation sites (N-methyl/N-ethyl adjacent to an activating group) is 1. The van der Waals surface area contributed by atoms with E-state index in [9.17, 15) is 14.2 Å². The zero-order valence-corrected chi connectivity index (χ0v) is 24.6. The van der Waals surface area contributed by atoms with Crippen molar-refractivity contribution in [2.75, 3.05) is 25.0 Å². The van der Waals surface area contributed by atoms with Crippen molar-refractivity contribution in [3.63, 3.8) is 0 Å². The Bertz CT molecular complexity index is 956. The van der Waals surface area contributed by atoms with E-state index in [1.54, 1.807) is 10.5 Å². The van der Waals surface area contributed by atoms with Gasteiger partial charge in [0, 0.05) is 30.3 Å². The summed E-state index contributed by atoms with van der Waals surface area (Å²) in [5, 5.41) is 9.87. The number of likely N-dealkylation sites (tertiary alicyclic amines) is 1. The van der Waals surface area contributed by atoms with Gasteiger partial charge in [0.05, 0.1) is 0 Å². The Hall–Kier alpha value is -1.72. The predicted octanol–water partition coefficient (Wildman–Crippen LogP) is 7.63. The van der Waals surface area contributed by atoms with Gasteiger partial charge in [-0.3, -0.25) is 0 Å². The van der Waals surface area contributed by atoms with Crippen LogP contribution in [0.25, 0.3) is 5.41 Å². The number of nitrogens with zero attached hydrogens (tertiary/aromatic N) is 3. The summed E-state index contributed by atoms with van der Waals surface area (Å²) in [6.45, 7) is 8.58. The van der Waals surface area contributed by atoms with Crippen LogP contribution in [-0.2, 0) is 21.7 Å². The molecule has 2 aromatic carbocycles. The van der Waals surface area contributed by atoms with Gasteiger partial charge < -0.3 is 37.5 Å². The molecule has 2 aromatic rings. The maximum atomic E-state index is 13.4. The van der Waals surface area contributed by atoms with Gasteiger partial charge in [0.15, 0.2) is 0 Å². The molecule has 3 aliphatic rings. The Morgan fingerprint density at radius 2 is 1.36 bits per heavy atom. The average molecular weight is 532 g/mol. The zero-order chi connectivity index (χ0) is 23.0. The SMILES string of the molecule is CC1C(C)C2c3ccccc3N(C)C2C1C.[CH3-].[CH3-].[CH3-].[N-]=C(c1c(F)cccc1F)N1CCCCC1.[Ti+4]. The van der Waals surface area contributed by atoms with Gasteiger partial charge in [-0.2, -0.15) is 0 Å². The zero-order valence-electron chi connectivity index (χ0n) is 23.1. The van der Waals surface area contributed by atoms with E-state index >= 15 is 0 Å². The summed E-state index contributed by atoms with van der Waals surface area (Å²) < 4.78 is 26.8. The number of benzene rings is 2. The Morgan fingerprint density at radius 1 is 0.806 bits per heavy atom. The van der Waals surface area contributed by atoms with Crippen LogP contribution < -0.4 is 4.90 Å². The van der Waals surface area contributed by atoms with Gasteiger partial charge in [-0.15, -0.1) is 0 Å². The first-order valence-corrected chi connectivity index (χ1v) is 11.9. The molecule has 0 bridgehead atoms. The van der Waals surface area contributed by atoms with E-state index in [4.69, 9.17) is 0 Å². The number of anilines is 1. The van der Waals surface area contributed by atoms with Crippen molar-refractivity contribution in [3.05, 3.63) is 92.9 Å². The molecule has 0 spiro atoms. The third-order valence-corrected chi connectivity index (χ3v) is 8.10. The molecule has 1 saturated heterocycles. The smallest absolute Gasteiger partial charge is 0.468 e. The molecule has 0 aromatic heterocycles. The third-order valence-electron chi connectivity index (χ3n) is 8.10. The number of fused-ring (bicyclic) bond motifs is 3. The molecular formula is C30H43F2N3Ti. The second-order valence-electron chi connectivity index (χ2n) is 9.73. The molecule has 6 heteroatoms. The molecule has 1 aliphatic carbocycles. The maximum absolute atomic E-state index is 13.4. The van der Waals surface area contributed by atoms with Crippen molar-refractivity contribution >= 4 is 11.5 Å². The molecule has 0 N–H and O–H groups in total. The largest absolute Gasteiger partial charge is 4.00 e. The van der Waals surface area contributed by atoms with Crippen molar-refractivity contribution in [2.24, 2.45) is 17.8 Å². The van der Waals surface area contributed by atoms with Gasteiger partial charge >= 0.3 is 21.7 Å². The maximum Gasteiger partial charge on any atom is 4.00 e. The van der Waals surface area contributed by atoms with E-state index in [1.165, 1.54) is 11.8 Å². The van der Waals surface area contributed by atoms with Crippen LogP contribution in [0, 0.1) is 51.7 Å². The number of hydrogen-bond donors (Lipinski definition) is 0. The Kier molecular flexibility index (Phi) is 13.6. The number of para-hydroxylation sites is 1. The van der Waals surface area contributed by atoms with E-state index in [1.807, 2.05) is 0 Å². The van der Waals surface area contributed by atoms with E-state index in [2.05, 4.69) is 57.0 Å². The van der Waals surface area contributed by atoms with Gasteiger partial charge in [0.2, 0.25) is 0 Å². The fraction of sp³-hybridized carbons (Fsp3) is 0.467. The molecule has 0 amide bonds. The van der Waals surface area contributed by atoms with Gasteiger partial charge in [0.25, 0.3) is 0 Å². The van der Waals surface area contributed by atoms with Crippen molar-refractivity contribution in [1.82, 2.24) is 4.90 Å². The normalized spacial score (nSPS) is 25.4. The standard InChI is InChI=1S/C15H21N.C12H13F2N2.3CH3.Ti/c1-9-10(2)14-12-7-5-6-8-13(12)16(4)15(14)11(9)3;13-9-5-4-6-10(14)11(9)12(15)16-7-2-1-3-8-16;;;;/h5-11,14-15H,1-4H3;4-6H,1-3,7-8H2;3*1H3;/q;4*-1;+4. The van der Waals surface area contributed by atoms with Crippen LogP contribution in [0.5, 0.6) is 0 Å². The molecule has 196 valence electrons. The Morgan fingerprint density at radius 3 is 1.94 bits per heavy atom. The van der Waals surface area contributed by atoms with Crippen molar-refractivity contribution in [3.8, 4) is 0 Å². The summed E-state index contributed by atoms with van der Waals surface area (Å²) in [6, 6.07) is 13.3. The van der Waals surface area contributed by atoms with Crippen LogP contribution in [0.4, 0.5) is 14.5 Å². The Labute approximate surface area is 234 Å². The van der Waals surface area contributed by atoms with Crippen molar-refractivity contribution < 1.29 is 30.5 Å². The van der Waals surface area contributed by atoms with Crippen LogP contribution in [0.2, 0.25) is 0 Å². The molecule has 2 heterocycles. The molecule has 5 rings (SSSR count). The fourth-order valence-corrected chi connectivity index (χ4v) is 6.04. The number of hydrogen-bond acceptors (Lipinski definition) is 1. The minimum absolute atomic E-state index is 0. The van der Waals surface area contributed by atoms with Gasteiger partial charge in [0.1, 0.15) is 11.6 Å². The molecule has 2 aliphatic heterocycles. The van der Waals surface area contributed by atoms with Crippen molar-refractivity contribution in [1.29, 1.82) is 0 Å². The molecule has 1 saturated carbocycles. The number of rotatable bonds is 1. The average Bonchev–Trinajstić information content (AvgIpc) is 3.22. The van der Waals surface area contributed by atoms with E-state index in [-0.39, 0.29) is 55.4 Å². The summed E-state index contributed by atoms with van der Waals surface area (Å²) >= 11 is 0. The predicted molar refractivity (Wildman–Crippen MR) is 147 cm³/mol. The van der Waals surface area contributed by atoms with Crippen LogP contribution in [0.3, 0.4) is 0 Å². The number of amidine groups is 1. The summed E-state index contributed by atoms with van der Waals surface area (Å²) in [5.74, 6) is 1.49. The van der Waals surface area contributed by atoms with Gasteiger partial charge in [-0.1, -0.05) is 70.1 Å².